The van der Waals surface area contributed by atoms with Gasteiger partial charge in [-0.15, -0.1) is 0 Å². The number of hydrogen-bond donors (Lipinski definition) is 4. The van der Waals surface area contributed by atoms with Crippen LogP contribution in [-0.4, -0.2) is 39.5 Å². The fraction of sp³-hybridized carbons (Fsp3) is 0.571. The zero-order valence-electron chi connectivity index (χ0n) is 12.6. The number of carbonyl (C=O) groups is 1. The van der Waals surface area contributed by atoms with Crippen molar-refractivity contribution in [3.63, 3.8) is 0 Å². The highest BCUT2D eigenvalue weighted by Gasteiger charge is 2.23. The molecule has 118 valence electrons. The Morgan fingerprint density at radius 1 is 1.43 bits per heavy atom. The number of hydrogen-bond acceptors (Lipinski definition) is 5. The number of alkyl carbamates (subject to hydrolysis) is 1. The van der Waals surface area contributed by atoms with Crippen molar-refractivity contribution >= 4 is 6.09 Å². The van der Waals surface area contributed by atoms with Crippen LogP contribution in [0.2, 0.25) is 0 Å². The number of aliphatic hydroxyl groups excluding tert-OH is 2. The van der Waals surface area contributed by atoms with Crippen LogP contribution in [0.3, 0.4) is 0 Å². The number of aliphatic hydroxyl groups is 2. The minimum absolute atomic E-state index is 0.0495. The van der Waals surface area contributed by atoms with E-state index in [1.54, 1.807) is 27.7 Å². The minimum atomic E-state index is -1.40. The summed E-state index contributed by atoms with van der Waals surface area (Å²) in [5.74, 6) is 0. The summed E-state index contributed by atoms with van der Waals surface area (Å²) in [5.41, 5.74) is -0.338. The van der Waals surface area contributed by atoms with Gasteiger partial charge in [0.1, 0.15) is 17.8 Å². The molecule has 7 nitrogen and oxygen atoms in total. The second-order valence-electron chi connectivity index (χ2n) is 5.86. The molecule has 0 saturated carbocycles. The van der Waals surface area contributed by atoms with E-state index in [-0.39, 0.29) is 12.1 Å². The van der Waals surface area contributed by atoms with E-state index in [4.69, 9.17) is 4.74 Å². The summed E-state index contributed by atoms with van der Waals surface area (Å²) < 4.78 is 5.01. The summed E-state index contributed by atoms with van der Waals surface area (Å²) >= 11 is 0. The number of carbonyl (C=O) groups excluding carboxylic acids is 1. The first-order chi connectivity index (χ1) is 9.60. The van der Waals surface area contributed by atoms with Crippen molar-refractivity contribution in [2.24, 2.45) is 0 Å². The van der Waals surface area contributed by atoms with Gasteiger partial charge in [-0.25, -0.2) is 4.79 Å². The third kappa shape index (κ3) is 5.57. The molecule has 0 fully saturated rings. The van der Waals surface area contributed by atoms with Gasteiger partial charge in [0.15, 0.2) is 0 Å². The SMILES string of the molecule is Cc1c[nH]c(=O)c(C(O)C(O)CNC(=O)OC(C)(C)C)c1. The Morgan fingerprint density at radius 2 is 2.05 bits per heavy atom. The number of rotatable bonds is 4. The van der Waals surface area contributed by atoms with E-state index in [2.05, 4.69) is 10.3 Å². The first-order valence-electron chi connectivity index (χ1n) is 6.62. The molecule has 7 heteroatoms. The summed E-state index contributed by atoms with van der Waals surface area (Å²) in [6, 6.07) is 1.49. The van der Waals surface area contributed by atoms with Gasteiger partial charge < -0.3 is 25.3 Å². The summed E-state index contributed by atoms with van der Waals surface area (Å²) in [5, 5.41) is 22.2. The molecule has 4 N–H and O–H groups in total. The van der Waals surface area contributed by atoms with Crippen molar-refractivity contribution in [2.75, 3.05) is 6.54 Å². The molecule has 2 unspecified atom stereocenters. The van der Waals surface area contributed by atoms with Gasteiger partial charge in [0, 0.05) is 18.3 Å². The predicted octanol–water partition coefficient (Wildman–Crippen LogP) is 0.602. The van der Waals surface area contributed by atoms with Gasteiger partial charge in [0.2, 0.25) is 0 Å². The molecule has 0 saturated heterocycles. The monoisotopic (exact) mass is 298 g/mol. The van der Waals surface area contributed by atoms with Crippen LogP contribution in [0.5, 0.6) is 0 Å². The number of aromatic nitrogens is 1. The summed E-state index contributed by atoms with van der Waals surface area (Å²) in [7, 11) is 0. The van der Waals surface area contributed by atoms with Gasteiger partial charge in [0.05, 0.1) is 0 Å². The first kappa shape index (κ1) is 17.2. The summed E-state index contributed by atoms with van der Waals surface area (Å²) in [6.45, 7) is 6.65. The number of aromatic amines is 1. The van der Waals surface area contributed by atoms with Crippen molar-refractivity contribution in [1.82, 2.24) is 10.3 Å². The molecule has 1 aromatic heterocycles. The van der Waals surface area contributed by atoms with Crippen LogP contribution in [0.4, 0.5) is 4.79 Å². The Bertz CT molecular complexity index is 547. The molecule has 0 aromatic carbocycles. The third-order valence-electron chi connectivity index (χ3n) is 2.61. The Morgan fingerprint density at radius 3 is 2.62 bits per heavy atom. The normalized spacial score (nSPS) is 14.4. The highest BCUT2D eigenvalue weighted by atomic mass is 16.6. The molecule has 2 atom stereocenters. The van der Waals surface area contributed by atoms with E-state index in [9.17, 15) is 19.8 Å². The average Bonchev–Trinajstić information content (AvgIpc) is 2.36. The average molecular weight is 298 g/mol. The predicted molar refractivity (Wildman–Crippen MR) is 77.0 cm³/mol. The number of ether oxygens (including phenoxy) is 1. The quantitative estimate of drug-likeness (QED) is 0.650. The van der Waals surface area contributed by atoms with Gasteiger partial charge in [-0.1, -0.05) is 0 Å². The van der Waals surface area contributed by atoms with Crippen molar-refractivity contribution in [3.05, 3.63) is 33.7 Å². The number of pyridine rings is 1. The van der Waals surface area contributed by atoms with E-state index in [1.807, 2.05) is 0 Å². The van der Waals surface area contributed by atoms with Gasteiger partial charge in [-0.2, -0.15) is 0 Å². The molecule has 0 aliphatic heterocycles. The lowest BCUT2D eigenvalue weighted by atomic mass is 10.0. The maximum atomic E-state index is 11.6. The zero-order chi connectivity index (χ0) is 16.2. The molecular weight excluding hydrogens is 276 g/mol. The largest absolute Gasteiger partial charge is 0.444 e. The molecule has 21 heavy (non-hydrogen) atoms. The van der Waals surface area contributed by atoms with Gasteiger partial charge >= 0.3 is 6.09 Å². The molecule has 1 rings (SSSR count). The maximum absolute atomic E-state index is 11.6. The number of H-pyrrole nitrogens is 1. The fourth-order valence-electron chi connectivity index (χ4n) is 1.66. The molecule has 0 aliphatic rings. The number of nitrogens with one attached hydrogen (secondary N) is 2. The molecule has 1 amide bonds. The molecule has 0 spiro atoms. The van der Waals surface area contributed by atoms with E-state index >= 15 is 0 Å². The second kappa shape index (κ2) is 6.73. The third-order valence-corrected chi connectivity index (χ3v) is 2.61. The van der Waals surface area contributed by atoms with Gasteiger partial charge in [-0.3, -0.25) is 4.79 Å². The molecule has 0 aliphatic carbocycles. The lowest BCUT2D eigenvalue weighted by molar-refractivity contribution is 0.0122. The van der Waals surface area contributed by atoms with E-state index in [0.717, 1.165) is 5.56 Å². The number of aryl methyl sites for hydroxylation is 1. The Labute approximate surface area is 123 Å². The van der Waals surface area contributed by atoms with Crippen LogP contribution in [0.15, 0.2) is 17.1 Å². The van der Waals surface area contributed by atoms with Crippen LogP contribution in [0.1, 0.15) is 38.0 Å². The van der Waals surface area contributed by atoms with Crippen LogP contribution in [-0.2, 0) is 4.74 Å². The van der Waals surface area contributed by atoms with Crippen LogP contribution in [0.25, 0.3) is 0 Å². The topological polar surface area (TPSA) is 112 Å². The standard InChI is InChI=1S/C14H22N2O5/c1-8-5-9(12(19)15-6-8)11(18)10(17)7-16-13(20)21-14(2,3)4/h5-6,10-11,17-18H,7H2,1-4H3,(H,15,19)(H,16,20). The zero-order valence-corrected chi connectivity index (χ0v) is 12.6. The first-order valence-corrected chi connectivity index (χ1v) is 6.62. The molecule has 0 radical (unpaired) electrons. The van der Waals surface area contributed by atoms with Crippen molar-refractivity contribution < 1.29 is 19.7 Å². The second-order valence-corrected chi connectivity index (χ2v) is 5.86. The Balaban J connectivity index is 2.63. The van der Waals surface area contributed by atoms with E-state index in [1.165, 1.54) is 12.3 Å². The van der Waals surface area contributed by atoms with Crippen LogP contribution >= 0.6 is 0 Å². The summed E-state index contributed by atoms with van der Waals surface area (Å²) in [6.07, 6.45) is -1.92. The van der Waals surface area contributed by atoms with Gasteiger partial charge in [0.25, 0.3) is 5.56 Å². The highest BCUT2D eigenvalue weighted by Crippen LogP contribution is 2.13. The summed E-state index contributed by atoms with van der Waals surface area (Å²) in [4.78, 5) is 25.5. The Hall–Kier alpha value is -1.86. The van der Waals surface area contributed by atoms with Crippen molar-refractivity contribution in [3.8, 4) is 0 Å². The fourth-order valence-corrected chi connectivity index (χ4v) is 1.66. The van der Waals surface area contributed by atoms with Gasteiger partial charge in [-0.05, 0) is 39.3 Å². The van der Waals surface area contributed by atoms with E-state index in [0.29, 0.717) is 0 Å². The molecule has 0 bridgehead atoms. The Kier molecular flexibility index (Phi) is 5.51. The molecule has 1 aromatic rings. The molecule has 1 heterocycles. The highest BCUT2D eigenvalue weighted by molar-refractivity contribution is 5.67. The van der Waals surface area contributed by atoms with Crippen LogP contribution < -0.4 is 10.9 Å². The van der Waals surface area contributed by atoms with E-state index < -0.39 is 29.5 Å². The van der Waals surface area contributed by atoms with Crippen LogP contribution in [0, 0.1) is 6.92 Å². The lowest BCUT2D eigenvalue weighted by Crippen LogP contribution is -2.39. The minimum Gasteiger partial charge on any atom is -0.444 e. The maximum Gasteiger partial charge on any atom is 0.407 e. The number of amides is 1. The molecular formula is C14H22N2O5. The smallest absolute Gasteiger partial charge is 0.407 e. The van der Waals surface area contributed by atoms with Crippen molar-refractivity contribution in [2.45, 2.75) is 45.5 Å². The van der Waals surface area contributed by atoms with Crippen molar-refractivity contribution in [1.29, 1.82) is 0 Å². The lowest BCUT2D eigenvalue weighted by Gasteiger charge is -2.22.